The van der Waals surface area contributed by atoms with Crippen LogP contribution in [0.25, 0.3) is 10.9 Å². The number of anilines is 2. The minimum absolute atomic E-state index is 0.0822. The van der Waals surface area contributed by atoms with Crippen LogP contribution in [0.15, 0.2) is 60.9 Å². The van der Waals surface area contributed by atoms with Crippen LogP contribution in [0.3, 0.4) is 0 Å². The van der Waals surface area contributed by atoms with E-state index in [1.807, 2.05) is 0 Å². The number of rotatable bonds is 12. The summed E-state index contributed by atoms with van der Waals surface area (Å²) in [6.45, 7) is 5.44. The summed E-state index contributed by atoms with van der Waals surface area (Å²) in [5.41, 5.74) is 5.11. The standard InChI is InChI=1S/C34H36F2N6O5/c1-45-29-19-25-27(20-30(29)46-17-3-14-41-15-12-38-13-16-41)39-21-40-31(25)47-28-9-8-24(18-26(28)36)42(23-6-4-22(35)5-7-23)33(44)34(32(37)43)10-2-11-34/h4-9,18-21,38H,2-3,10-17H2,1H3,(H2,37,43). The molecule has 2 fully saturated rings. The predicted molar refractivity (Wildman–Crippen MR) is 171 cm³/mol. The summed E-state index contributed by atoms with van der Waals surface area (Å²) in [7, 11) is 1.53. The molecule has 4 aromatic rings. The summed E-state index contributed by atoms with van der Waals surface area (Å²) in [6, 6.07) is 12.5. The van der Waals surface area contributed by atoms with Gasteiger partial charge in [-0.15, -0.1) is 0 Å². The van der Waals surface area contributed by atoms with Gasteiger partial charge >= 0.3 is 0 Å². The molecule has 13 heteroatoms. The zero-order valence-corrected chi connectivity index (χ0v) is 26.0. The Kier molecular flexibility index (Phi) is 9.45. The fraction of sp³-hybridized carbons (Fsp3) is 0.353. The van der Waals surface area contributed by atoms with E-state index < -0.39 is 28.9 Å². The molecular weight excluding hydrogens is 610 g/mol. The van der Waals surface area contributed by atoms with E-state index in [-0.39, 0.29) is 35.8 Å². The van der Waals surface area contributed by atoms with Gasteiger partial charge in [0.25, 0.3) is 0 Å². The number of nitrogens with two attached hydrogens (primary N) is 1. The molecule has 0 bridgehead atoms. The minimum Gasteiger partial charge on any atom is -0.493 e. The minimum atomic E-state index is -1.42. The number of aromatic nitrogens is 2. The van der Waals surface area contributed by atoms with Crippen LogP contribution in [0.2, 0.25) is 0 Å². The highest BCUT2D eigenvalue weighted by Gasteiger charge is 2.52. The molecule has 1 saturated heterocycles. The first-order chi connectivity index (χ1) is 22.8. The molecule has 2 amide bonds. The molecule has 1 saturated carbocycles. The van der Waals surface area contributed by atoms with E-state index in [0.717, 1.165) is 45.2 Å². The average Bonchev–Trinajstić information content (AvgIpc) is 3.05. The number of ether oxygens (including phenoxy) is 3. The molecule has 1 aliphatic carbocycles. The van der Waals surface area contributed by atoms with Crippen LogP contribution in [-0.2, 0) is 9.59 Å². The van der Waals surface area contributed by atoms with Crippen molar-refractivity contribution in [3.05, 3.63) is 72.6 Å². The van der Waals surface area contributed by atoms with Crippen LogP contribution in [0.5, 0.6) is 23.1 Å². The topological polar surface area (TPSA) is 132 Å². The van der Waals surface area contributed by atoms with Crippen LogP contribution in [0.4, 0.5) is 20.2 Å². The lowest BCUT2D eigenvalue weighted by Gasteiger charge is -2.40. The van der Waals surface area contributed by atoms with Gasteiger partial charge in [0.05, 0.1) is 30.3 Å². The molecule has 3 aromatic carbocycles. The number of hydrogen-bond donors (Lipinski definition) is 2. The van der Waals surface area contributed by atoms with Gasteiger partial charge in [0.2, 0.25) is 17.7 Å². The number of hydrogen-bond acceptors (Lipinski definition) is 9. The Hall–Kier alpha value is -4.88. The van der Waals surface area contributed by atoms with Gasteiger partial charge in [-0.1, -0.05) is 6.42 Å². The molecule has 0 radical (unpaired) electrons. The fourth-order valence-electron chi connectivity index (χ4n) is 5.90. The van der Waals surface area contributed by atoms with Crippen molar-refractivity contribution in [3.63, 3.8) is 0 Å². The lowest BCUT2D eigenvalue weighted by atomic mass is 9.67. The van der Waals surface area contributed by atoms with Crippen molar-refractivity contribution in [1.29, 1.82) is 0 Å². The first kappa shape index (κ1) is 32.1. The Morgan fingerprint density at radius 3 is 2.38 bits per heavy atom. The highest BCUT2D eigenvalue weighted by molar-refractivity contribution is 6.15. The van der Waals surface area contributed by atoms with Gasteiger partial charge in [0.1, 0.15) is 17.6 Å². The Labute approximate surface area is 270 Å². The summed E-state index contributed by atoms with van der Waals surface area (Å²) in [6.07, 6.45) is 3.35. The zero-order chi connectivity index (χ0) is 33.0. The van der Waals surface area contributed by atoms with Gasteiger partial charge < -0.3 is 30.2 Å². The number of fused-ring (bicyclic) bond motifs is 1. The van der Waals surface area contributed by atoms with Crippen LogP contribution >= 0.6 is 0 Å². The Balaban J connectivity index is 1.24. The maximum atomic E-state index is 15.7. The molecule has 11 nitrogen and oxygen atoms in total. The quantitative estimate of drug-likeness (QED) is 0.166. The van der Waals surface area contributed by atoms with E-state index in [1.54, 1.807) is 12.1 Å². The lowest BCUT2D eigenvalue weighted by Crippen LogP contribution is -2.54. The monoisotopic (exact) mass is 646 g/mol. The van der Waals surface area contributed by atoms with Crippen molar-refractivity contribution in [1.82, 2.24) is 20.2 Å². The van der Waals surface area contributed by atoms with E-state index >= 15 is 4.39 Å². The van der Waals surface area contributed by atoms with Gasteiger partial charge in [-0.25, -0.2) is 18.7 Å². The summed E-state index contributed by atoms with van der Waals surface area (Å²) >= 11 is 0. The van der Waals surface area contributed by atoms with Crippen molar-refractivity contribution >= 4 is 34.1 Å². The highest BCUT2D eigenvalue weighted by atomic mass is 19.1. The molecule has 47 heavy (non-hydrogen) atoms. The number of methoxy groups -OCH3 is 1. The largest absolute Gasteiger partial charge is 0.493 e. The molecule has 1 aliphatic heterocycles. The maximum absolute atomic E-state index is 15.7. The summed E-state index contributed by atoms with van der Waals surface area (Å²) in [5.74, 6) is -1.79. The van der Waals surface area contributed by atoms with E-state index in [4.69, 9.17) is 19.9 Å². The van der Waals surface area contributed by atoms with Gasteiger partial charge in [-0.3, -0.25) is 14.5 Å². The van der Waals surface area contributed by atoms with Crippen molar-refractivity contribution < 1.29 is 32.6 Å². The number of carbonyl (C=O) groups is 2. The third-order valence-electron chi connectivity index (χ3n) is 8.73. The van der Waals surface area contributed by atoms with Crippen LogP contribution in [-0.4, -0.2) is 73.1 Å². The molecule has 0 unspecified atom stereocenters. The molecule has 1 aromatic heterocycles. The molecular formula is C34H36F2N6O5. The first-order valence-corrected chi connectivity index (χ1v) is 15.5. The lowest BCUT2D eigenvalue weighted by molar-refractivity contribution is -0.145. The second-order valence-electron chi connectivity index (χ2n) is 11.6. The van der Waals surface area contributed by atoms with Crippen molar-refractivity contribution in [2.75, 3.05) is 51.3 Å². The molecule has 0 atom stereocenters. The summed E-state index contributed by atoms with van der Waals surface area (Å²) < 4.78 is 47.0. The number of nitrogens with zero attached hydrogens (tertiary/aromatic N) is 4. The van der Waals surface area contributed by atoms with Gasteiger partial charge in [-0.2, -0.15) is 0 Å². The second kappa shape index (κ2) is 13.9. The Morgan fingerprint density at radius 1 is 0.979 bits per heavy atom. The van der Waals surface area contributed by atoms with E-state index in [9.17, 15) is 14.0 Å². The maximum Gasteiger partial charge on any atom is 0.247 e. The molecule has 2 aliphatic rings. The highest BCUT2D eigenvalue weighted by Crippen LogP contribution is 2.45. The number of piperazine rings is 1. The zero-order valence-electron chi connectivity index (χ0n) is 26.0. The number of halogens is 2. The van der Waals surface area contributed by atoms with Crippen LogP contribution in [0, 0.1) is 17.0 Å². The average molecular weight is 647 g/mol. The third kappa shape index (κ3) is 6.67. The number of amides is 2. The molecule has 6 rings (SSSR count). The van der Waals surface area contributed by atoms with Gasteiger partial charge in [-0.05, 0) is 61.7 Å². The number of carbonyl (C=O) groups excluding carboxylic acids is 2. The van der Waals surface area contributed by atoms with Crippen molar-refractivity contribution in [2.45, 2.75) is 25.7 Å². The number of primary amides is 1. The second-order valence-corrected chi connectivity index (χ2v) is 11.6. The van der Waals surface area contributed by atoms with Crippen LogP contribution in [0.1, 0.15) is 25.7 Å². The molecule has 2 heterocycles. The SMILES string of the molecule is COc1cc2c(Oc3ccc(N(C(=O)C4(C(N)=O)CCC4)c4ccc(F)cc4)cc3F)ncnc2cc1OCCCN1CCNCC1. The molecule has 3 N–H and O–H groups in total. The first-order valence-electron chi connectivity index (χ1n) is 15.5. The van der Waals surface area contributed by atoms with E-state index in [2.05, 4.69) is 20.2 Å². The normalized spacial score (nSPS) is 15.9. The fourth-order valence-corrected chi connectivity index (χ4v) is 5.90. The number of nitrogens with one attached hydrogen (secondary N) is 1. The van der Waals surface area contributed by atoms with Crippen molar-refractivity contribution in [3.8, 4) is 23.1 Å². The molecule has 0 spiro atoms. The van der Waals surface area contributed by atoms with Crippen molar-refractivity contribution in [2.24, 2.45) is 11.1 Å². The Bertz CT molecular complexity index is 1760. The molecule has 246 valence electrons. The number of benzene rings is 3. The summed E-state index contributed by atoms with van der Waals surface area (Å²) in [5, 5.41) is 3.82. The van der Waals surface area contributed by atoms with E-state index in [0.29, 0.717) is 35.4 Å². The smallest absolute Gasteiger partial charge is 0.247 e. The van der Waals surface area contributed by atoms with Crippen LogP contribution < -0.4 is 30.2 Å². The van der Waals surface area contributed by atoms with Gasteiger partial charge in [0.15, 0.2) is 23.1 Å². The van der Waals surface area contributed by atoms with Gasteiger partial charge in [0, 0.05) is 50.5 Å². The Morgan fingerprint density at radius 2 is 1.72 bits per heavy atom. The predicted octanol–water partition coefficient (Wildman–Crippen LogP) is 4.70. The third-order valence-corrected chi connectivity index (χ3v) is 8.73. The van der Waals surface area contributed by atoms with E-state index in [1.165, 1.54) is 54.7 Å². The summed E-state index contributed by atoms with van der Waals surface area (Å²) in [4.78, 5) is 38.3.